The van der Waals surface area contributed by atoms with Crippen LogP contribution in [0.5, 0.6) is 0 Å². The molecule has 0 amide bonds. The fraction of sp³-hybridized carbons (Fsp3) is 0.462. The highest BCUT2D eigenvalue weighted by Crippen LogP contribution is 2.03. The molecule has 0 spiro atoms. The van der Waals surface area contributed by atoms with Gasteiger partial charge in [0.2, 0.25) is 0 Å². The Morgan fingerprint density at radius 2 is 2.12 bits per heavy atom. The van der Waals surface area contributed by atoms with Crippen molar-refractivity contribution in [3.05, 3.63) is 35.9 Å². The largest absolute Gasteiger partial charge is 0.253 e. The molecule has 1 unspecified atom stereocenters. The van der Waals surface area contributed by atoms with Crippen LogP contribution in [0.3, 0.4) is 0 Å². The summed E-state index contributed by atoms with van der Waals surface area (Å²) in [6.07, 6.45) is 0. The van der Waals surface area contributed by atoms with E-state index < -0.39 is 9.71 Å². The maximum atomic E-state index is 12.4. The minimum absolute atomic E-state index is 0. The molecule has 1 rings (SSSR count). The van der Waals surface area contributed by atoms with Crippen molar-refractivity contribution in [2.75, 3.05) is 17.3 Å². The van der Waals surface area contributed by atoms with E-state index in [1.165, 1.54) is 5.56 Å². The lowest BCUT2D eigenvalue weighted by Gasteiger charge is -2.12. The molecule has 1 atom stereocenters. The Labute approximate surface area is 111 Å². The summed E-state index contributed by atoms with van der Waals surface area (Å²) in [6, 6.07) is 10.1. The zero-order valence-corrected chi connectivity index (χ0v) is 12.2. The van der Waals surface area contributed by atoms with Gasteiger partial charge < -0.3 is 0 Å². The van der Waals surface area contributed by atoms with Gasteiger partial charge >= 0.3 is 0 Å². The van der Waals surface area contributed by atoms with Crippen LogP contribution in [0.1, 0.15) is 20.8 Å². The summed E-state index contributed by atoms with van der Waals surface area (Å²) in [4.78, 5) is 0. The van der Waals surface area contributed by atoms with Crippen molar-refractivity contribution in [2.24, 2.45) is 0 Å². The smallest absolute Gasteiger partial charge is 0.0382 e. The Kier molecular flexibility index (Phi) is 6.70. The van der Waals surface area contributed by atoms with Gasteiger partial charge in [-0.1, -0.05) is 37.3 Å². The molecule has 0 heterocycles. The first kappa shape index (κ1) is 14.6. The summed E-state index contributed by atoms with van der Waals surface area (Å²) in [6.45, 7) is 4.66. The van der Waals surface area contributed by atoms with Crippen molar-refractivity contribution in [2.45, 2.75) is 20.4 Å². The molecule has 0 fully saturated rings. The SMILES string of the molecule is CC=S(=O)(CCSCC)NCc1ccccc1.[HH]. The van der Waals surface area contributed by atoms with Crippen LogP contribution in [0.2, 0.25) is 0 Å². The van der Waals surface area contributed by atoms with Gasteiger partial charge in [-0.2, -0.15) is 11.8 Å². The van der Waals surface area contributed by atoms with Crippen LogP contribution in [0, 0.1) is 0 Å². The van der Waals surface area contributed by atoms with Crippen LogP contribution in [-0.2, 0) is 16.3 Å². The van der Waals surface area contributed by atoms with Crippen LogP contribution < -0.4 is 4.72 Å². The predicted molar refractivity (Wildman–Crippen MR) is 83.1 cm³/mol. The zero-order valence-electron chi connectivity index (χ0n) is 10.5. The van der Waals surface area contributed by atoms with Gasteiger partial charge in [-0.15, -0.1) is 0 Å². The highest BCUT2D eigenvalue weighted by molar-refractivity contribution is 8.02. The molecule has 0 saturated heterocycles. The van der Waals surface area contributed by atoms with Crippen LogP contribution in [0.25, 0.3) is 0 Å². The maximum absolute atomic E-state index is 12.4. The van der Waals surface area contributed by atoms with Gasteiger partial charge in [0.05, 0.1) is 0 Å². The van der Waals surface area contributed by atoms with Gasteiger partial charge in [0.25, 0.3) is 0 Å². The molecule has 0 aliphatic heterocycles. The van der Waals surface area contributed by atoms with Crippen molar-refractivity contribution < 1.29 is 5.64 Å². The van der Waals surface area contributed by atoms with E-state index in [9.17, 15) is 4.21 Å². The monoisotopic (exact) mass is 273 g/mol. The van der Waals surface area contributed by atoms with E-state index in [2.05, 4.69) is 11.6 Å². The molecule has 0 aliphatic carbocycles. The first-order valence-corrected chi connectivity index (χ1v) is 8.82. The van der Waals surface area contributed by atoms with E-state index in [1.54, 1.807) is 0 Å². The van der Waals surface area contributed by atoms with E-state index in [1.807, 2.05) is 54.4 Å². The zero-order chi connectivity index (χ0) is 12.6. The summed E-state index contributed by atoms with van der Waals surface area (Å²) < 4.78 is 15.6. The van der Waals surface area contributed by atoms with E-state index in [4.69, 9.17) is 0 Å². The second-order valence-corrected chi connectivity index (χ2v) is 7.68. The topological polar surface area (TPSA) is 29.1 Å². The van der Waals surface area contributed by atoms with Crippen molar-refractivity contribution in [3.8, 4) is 0 Å². The van der Waals surface area contributed by atoms with E-state index in [0.717, 1.165) is 17.3 Å². The second kappa shape index (κ2) is 7.80. The fourth-order valence-electron chi connectivity index (χ4n) is 1.40. The molecule has 1 aromatic carbocycles. The van der Waals surface area contributed by atoms with E-state index in [0.29, 0.717) is 6.54 Å². The third kappa shape index (κ3) is 5.61. The molecule has 0 bridgehead atoms. The van der Waals surface area contributed by atoms with Gasteiger partial charge in [-0.25, -0.2) is 4.72 Å². The first-order valence-electron chi connectivity index (χ1n) is 5.87. The standard InChI is InChI=1S/C13H21NOS2.H2/c1-3-16-10-11-17(15,4-2)14-12-13-8-6-5-7-9-13;/h4-9H,3,10-12H2,1-2H3,(H,14,15);1H. The molecule has 0 radical (unpaired) electrons. The van der Waals surface area contributed by atoms with Crippen LogP contribution in [0.4, 0.5) is 0 Å². The lowest BCUT2D eigenvalue weighted by molar-refractivity contribution is 0.670. The number of benzene rings is 1. The molecule has 98 valence electrons. The number of nitrogens with one attached hydrogen (secondary N) is 1. The van der Waals surface area contributed by atoms with Crippen LogP contribution >= 0.6 is 11.8 Å². The summed E-state index contributed by atoms with van der Waals surface area (Å²) in [5, 5.41) is 1.81. The molecular weight excluding hydrogens is 250 g/mol. The van der Waals surface area contributed by atoms with Crippen molar-refractivity contribution in [3.63, 3.8) is 0 Å². The number of hydrogen-bond donors (Lipinski definition) is 1. The molecule has 1 N–H and O–H groups in total. The normalized spacial score (nSPS) is 14.2. The third-order valence-electron chi connectivity index (χ3n) is 2.48. The Bertz CT molecular complexity index is 428. The molecular formula is C13H23NOS2. The Hall–Kier alpha value is -0.450. The van der Waals surface area contributed by atoms with Crippen molar-refractivity contribution in [1.82, 2.24) is 4.72 Å². The van der Waals surface area contributed by atoms with Crippen LogP contribution in [0.15, 0.2) is 30.3 Å². The van der Waals surface area contributed by atoms with E-state index in [-0.39, 0.29) is 1.43 Å². The highest BCUT2D eigenvalue weighted by Gasteiger charge is 2.05. The number of thioether (sulfide) groups is 1. The quantitative estimate of drug-likeness (QED) is 0.611. The second-order valence-electron chi connectivity index (χ2n) is 3.67. The average Bonchev–Trinajstić information content (AvgIpc) is 2.38. The summed E-state index contributed by atoms with van der Waals surface area (Å²) in [5.41, 5.74) is 1.17. The summed E-state index contributed by atoms with van der Waals surface area (Å²) in [5.74, 6) is 2.74. The van der Waals surface area contributed by atoms with Gasteiger partial charge in [0.1, 0.15) is 0 Å². The highest BCUT2D eigenvalue weighted by atomic mass is 32.2. The summed E-state index contributed by atoms with van der Waals surface area (Å²) in [7, 11) is -1.99. The lowest BCUT2D eigenvalue weighted by Crippen LogP contribution is -2.28. The van der Waals surface area contributed by atoms with Gasteiger partial charge in [0, 0.05) is 29.2 Å². The Morgan fingerprint density at radius 3 is 2.71 bits per heavy atom. The minimum atomic E-state index is -1.99. The van der Waals surface area contributed by atoms with Gasteiger partial charge in [0.15, 0.2) is 0 Å². The number of rotatable bonds is 7. The minimum Gasteiger partial charge on any atom is -0.253 e. The molecule has 1 aromatic rings. The summed E-state index contributed by atoms with van der Waals surface area (Å²) >= 11 is 1.83. The fourth-order valence-corrected chi connectivity index (χ4v) is 4.11. The van der Waals surface area contributed by atoms with Crippen LogP contribution in [-0.4, -0.2) is 26.8 Å². The molecule has 4 heteroatoms. The molecule has 0 saturated carbocycles. The molecule has 2 nitrogen and oxygen atoms in total. The lowest BCUT2D eigenvalue weighted by atomic mass is 10.2. The third-order valence-corrected chi connectivity index (χ3v) is 5.84. The first-order chi connectivity index (χ1) is 8.20. The number of hydrogen-bond acceptors (Lipinski definition) is 2. The predicted octanol–water partition coefficient (Wildman–Crippen LogP) is 2.80. The van der Waals surface area contributed by atoms with Crippen molar-refractivity contribution >= 4 is 26.8 Å². The van der Waals surface area contributed by atoms with Crippen molar-refractivity contribution in [1.29, 1.82) is 0 Å². The van der Waals surface area contributed by atoms with Gasteiger partial charge in [-0.05, 0) is 23.6 Å². The average molecular weight is 273 g/mol. The van der Waals surface area contributed by atoms with Gasteiger partial charge in [-0.3, -0.25) is 4.21 Å². The Morgan fingerprint density at radius 1 is 1.41 bits per heavy atom. The Balaban J connectivity index is 0.00000289. The molecule has 0 aliphatic rings. The molecule has 17 heavy (non-hydrogen) atoms. The maximum Gasteiger partial charge on any atom is 0.0382 e. The molecule has 0 aromatic heterocycles. The van der Waals surface area contributed by atoms with E-state index >= 15 is 0 Å².